The minimum absolute atomic E-state index is 0.00744. The van der Waals surface area contributed by atoms with Gasteiger partial charge >= 0.3 is 0 Å². The van der Waals surface area contributed by atoms with Crippen LogP contribution in [0.1, 0.15) is 30.3 Å². The summed E-state index contributed by atoms with van der Waals surface area (Å²) in [6, 6.07) is 20.3. The first-order valence-electron chi connectivity index (χ1n) is 11.2. The maximum Gasteiger partial charge on any atom is 0.227 e. The van der Waals surface area contributed by atoms with Gasteiger partial charge < -0.3 is 14.2 Å². The molecular weight excluding hydrogens is 417 g/mol. The Labute approximate surface area is 192 Å². The Hall–Kier alpha value is -3.67. The van der Waals surface area contributed by atoms with Gasteiger partial charge in [-0.3, -0.25) is 4.79 Å². The van der Waals surface area contributed by atoms with E-state index in [0.717, 1.165) is 46.3 Å². The number of rotatable bonds is 5. The molecule has 3 aromatic carbocycles. The zero-order valence-electron chi connectivity index (χ0n) is 18.8. The summed E-state index contributed by atoms with van der Waals surface area (Å²) in [7, 11) is 4.05. The van der Waals surface area contributed by atoms with Crippen LogP contribution in [-0.2, 0) is 11.2 Å². The number of aromatic nitrogens is 1. The van der Waals surface area contributed by atoms with Crippen LogP contribution in [0, 0.1) is 5.82 Å². The summed E-state index contributed by atoms with van der Waals surface area (Å²) in [6.45, 7) is 0.674. The minimum Gasteiger partial charge on any atom is -0.438 e. The number of carbonyl (C=O) groups excluding carboxylic acids is 1. The normalized spacial score (nSPS) is 15.8. The highest BCUT2D eigenvalue weighted by molar-refractivity contribution is 5.82. The monoisotopic (exact) mass is 443 g/mol. The van der Waals surface area contributed by atoms with E-state index in [1.165, 1.54) is 12.1 Å². The van der Waals surface area contributed by atoms with E-state index in [1.54, 1.807) is 12.1 Å². The number of halogens is 1. The molecule has 1 amide bonds. The second-order valence-electron chi connectivity index (χ2n) is 8.72. The molecule has 0 bridgehead atoms. The van der Waals surface area contributed by atoms with Gasteiger partial charge in [0.15, 0.2) is 5.58 Å². The van der Waals surface area contributed by atoms with Gasteiger partial charge in [0.2, 0.25) is 11.8 Å². The zero-order chi connectivity index (χ0) is 22.9. The first kappa shape index (κ1) is 21.2. The van der Waals surface area contributed by atoms with Gasteiger partial charge in [-0.05, 0) is 65.9 Å². The van der Waals surface area contributed by atoms with Gasteiger partial charge in [-0.15, -0.1) is 0 Å². The molecule has 0 aliphatic carbocycles. The molecule has 1 fully saturated rings. The van der Waals surface area contributed by atoms with Crippen LogP contribution >= 0.6 is 0 Å². The lowest BCUT2D eigenvalue weighted by Crippen LogP contribution is -2.32. The lowest BCUT2D eigenvalue weighted by Gasteiger charge is -2.22. The average molecular weight is 444 g/mol. The van der Waals surface area contributed by atoms with E-state index in [-0.39, 0.29) is 24.2 Å². The summed E-state index contributed by atoms with van der Waals surface area (Å²) in [6.07, 6.45) is 1.97. The van der Waals surface area contributed by atoms with Gasteiger partial charge in [0.1, 0.15) is 17.4 Å². The summed E-state index contributed by atoms with van der Waals surface area (Å²) >= 11 is 0. The Morgan fingerprint density at radius 3 is 2.52 bits per heavy atom. The average Bonchev–Trinajstić information content (AvgIpc) is 3.47. The molecule has 0 N–H and O–H groups in total. The fourth-order valence-corrected chi connectivity index (χ4v) is 4.42. The van der Waals surface area contributed by atoms with E-state index < -0.39 is 0 Å². The predicted molar refractivity (Wildman–Crippen MR) is 128 cm³/mol. The summed E-state index contributed by atoms with van der Waals surface area (Å²) in [5.74, 6) is 0.285. The lowest BCUT2D eigenvalue weighted by molar-refractivity contribution is -0.131. The molecule has 0 unspecified atom stereocenters. The van der Waals surface area contributed by atoms with Crippen molar-refractivity contribution in [2.45, 2.75) is 25.3 Å². The molecule has 0 spiro atoms. The lowest BCUT2D eigenvalue weighted by atomic mass is 10.0. The van der Waals surface area contributed by atoms with Crippen LogP contribution in [0.25, 0.3) is 22.2 Å². The number of likely N-dealkylation sites (tertiary alicyclic amines) is 1. The molecule has 5 nitrogen and oxygen atoms in total. The third-order valence-corrected chi connectivity index (χ3v) is 6.25. The molecule has 1 aromatic heterocycles. The smallest absolute Gasteiger partial charge is 0.227 e. The molecule has 0 radical (unpaired) electrons. The Kier molecular flexibility index (Phi) is 5.58. The van der Waals surface area contributed by atoms with Gasteiger partial charge in [-0.25, -0.2) is 9.37 Å². The van der Waals surface area contributed by atoms with E-state index in [9.17, 15) is 9.18 Å². The van der Waals surface area contributed by atoms with Crippen LogP contribution in [0.15, 0.2) is 71.1 Å². The quantitative estimate of drug-likeness (QED) is 0.403. The molecule has 168 valence electrons. The molecule has 1 aliphatic rings. The fraction of sp³-hybridized carbons (Fsp3) is 0.259. The standard InChI is InChI=1S/C27H26FN3O2/c1-30(2)22-12-7-19(8-13-22)20-9-14-25-23(17-20)29-27(33-25)24-4-3-15-31(24)26(32)16-18-5-10-21(28)11-6-18/h5-14,17,24H,3-4,15-16H2,1-2H3/t24-/m0/s1. The highest BCUT2D eigenvalue weighted by Gasteiger charge is 2.33. The molecule has 1 aliphatic heterocycles. The van der Waals surface area contributed by atoms with Crippen LogP contribution in [0.5, 0.6) is 0 Å². The highest BCUT2D eigenvalue weighted by Crippen LogP contribution is 2.35. The maximum atomic E-state index is 13.2. The molecule has 33 heavy (non-hydrogen) atoms. The van der Waals surface area contributed by atoms with Crippen LogP contribution in [0.3, 0.4) is 0 Å². The second kappa shape index (κ2) is 8.70. The number of nitrogens with zero attached hydrogens (tertiary/aromatic N) is 3. The van der Waals surface area contributed by atoms with Gasteiger partial charge in [0, 0.05) is 26.3 Å². The third kappa shape index (κ3) is 4.33. The number of benzene rings is 3. The Bertz CT molecular complexity index is 1280. The number of carbonyl (C=O) groups is 1. The summed E-state index contributed by atoms with van der Waals surface area (Å²) in [5.41, 5.74) is 5.64. The summed E-state index contributed by atoms with van der Waals surface area (Å²) < 4.78 is 19.3. The van der Waals surface area contributed by atoms with Crippen LogP contribution in [0.2, 0.25) is 0 Å². The van der Waals surface area contributed by atoms with E-state index in [4.69, 9.17) is 9.40 Å². The Morgan fingerprint density at radius 2 is 1.79 bits per heavy atom. The van der Waals surface area contributed by atoms with Crippen molar-refractivity contribution >= 4 is 22.7 Å². The number of amides is 1. The largest absolute Gasteiger partial charge is 0.438 e. The molecule has 6 heteroatoms. The molecular formula is C27H26FN3O2. The number of fused-ring (bicyclic) bond motifs is 1. The first-order valence-corrected chi connectivity index (χ1v) is 11.2. The van der Waals surface area contributed by atoms with Crippen molar-refractivity contribution in [3.8, 4) is 11.1 Å². The highest BCUT2D eigenvalue weighted by atomic mass is 19.1. The minimum atomic E-state index is -0.301. The Morgan fingerprint density at radius 1 is 1.06 bits per heavy atom. The van der Waals surface area contributed by atoms with E-state index in [2.05, 4.69) is 29.2 Å². The second-order valence-corrected chi connectivity index (χ2v) is 8.72. The van der Waals surface area contributed by atoms with Crippen molar-refractivity contribution < 1.29 is 13.6 Å². The Balaban J connectivity index is 1.37. The van der Waals surface area contributed by atoms with Gasteiger partial charge in [0.05, 0.1) is 6.42 Å². The maximum absolute atomic E-state index is 13.2. The van der Waals surface area contributed by atoms with Gasteiger partial charge in [-0.2, -0.15) is 0 Å². The van der Waals surface area contributed by atoms with Crippen molar-refractivity contribution in [2.75, 3.05) is 25.5 Å². The van der Waals surface area contributed by atoms with E-state index >= 15 is 0 Å². The topological polar surface area (TPSA) is 49.6 Å². The fourth-order valence-electron chi connectivity index (χ4n) is 4.42. The number of oxazole rings is 1. The zero-order valence-corrected chi connectivity index (χ0v) is 18.8. The van der Waals surface area contributed by atoms with Crippen molar-refractivity contribution in [1.29, 1.82) is 0 Å². The molecule has 1 saturated heterocycles. The van der Waals surface area contributed by atoms with Crippen molar-refractivity contribution in [2.24, 2.45) is 0 Å². The van der Waals surface area contributed by atoms with Gasteiger partial charge in [0.25, 0.3) is 0 Å². The van der Waals surface area contributed by atoms with Crippen molar-refractivity contribution in [1.82, 2.24) is 9.88 Å². The summed E-state index contributed by atoms with van der Waals surface area (Å²) in [4.78, 5) is 21.6. The SMILES string of the molecule is CN(C)c1ccc(-c2ccc3oc([C@@H]4CCCN4C(=O)Cc4ccc(F)cc4)nc3c2)cc1. The molecule has 4 aromatic rings. The third-order valence-electron chi connectivity index (χ3n) is 6.25. The van der Waals surface area contributed by atoms with E-state index in [1.807, 2.05) is 37.2 Å². The van der Waals surface area contributed by atoms with Crippen molar-refractivity contribution in [3.63, 3.8) is 0 Å². The van der Waals surface area contributed by atoms with Crippen LogP contribution < -0.4 is 4.90 Å². The van der Waals surface area contributed by atoms with Crippen LogP contribution in [-0.4, -0.2) is 36.4 Å². The number of hydrogen-bond donors (Lipinski definition) is 0. The number of hydrogen-bond acceptors (Lipinski definition) is 4. The summed E-state index contributed by atoms with van der Waals surface area (Å²) in [5, 5.41) is 0. The molecule has 0 saturated carbocycles. The molecule has 2 heterocycles. The van der Waals surface area contributed by atoms with Crippen LogP contribution in [0.4, 0.5) is 10.1 Å². The molecule has 5 rings (SSSR count). The molecule has 1 atom stereocenters. The van der Waals surface area contributed by atoms with Gasteiger partial charge in [-0.1, -0.05) is 30.3 Å². The first-order chi connectivity index (χ1) is 16.0. The van der Waals surface area contributed by atoms with Crippen molar-refractivity contribution in [3.05, 3.63) is 84.0 Å². The van der Waals surface area contributed by atoms with E-state index in [0.29, 0.717) is 12.4 Å². The number of anilines is 1. The predicted octanol–water partition coefficient (Wildman–Crippen LogP) is 5.61.